The molecule has 158 valence electrons. The summed E-state index contributed by atoms with van der Waals surface area (Å²) in [5, 5.41) is 2.85. The molecule has 1 amide bonds. The molecule has 5 heteroatoms. The third-order valence-electron chi connectivity index (χ3n) is 5.27. The van der Waals surface area contributed by atoms with Crippen LogP contribution in [0.15, 0.2) is 59.7 Å². The molecule has 0 bridgehead atoms. The fourth-order valence-electron chi connectivity index (χ4n) is 3.36. The van der Waals surface area contributed by atoms with Gasteiger partial charge in [-0.1, -0.05) is 35.6 Å². The van der Waals surface area contributed by atoms with Crippen LogP contribution in [0.5, 0.6) is 0 Å². The van der Waals surface area contributed by atoms with E-state index in [9.17, 15) is 4.79 Å². The van der Waals surface area contributed by atoms with E-state index in [4.69, 9.17) is 10.5 Å². The van der Waals surface area contributed by atoms with Gasteiger partial charge in [-0.3, -0.25) is 9.69 Å². The Morgan fingerprint density at radius 2 is 2.00 bits per heavy atom. The van der Waals surface area contributed by atoms with Crippen LogP contribution >= 0.6 is 0 Å². The minimum Gasteiger partial charge on any atom is -0.379 e. The zero-order chi connectivity index (χ0) is 21.2. The molecule has 1 saturated heterocycles. The lowest BCUT2D eigenvalue weighted by Crippen LogP contribution is -2.37. The lowest BCUT2D eigenvalue weighted by atomic mass is 9.97. The summed E-state index contributed by atoms with van der Waals surface area (Å²) >= 11 is 0. The molecular formula is C25H31N3O2. The first-order valence-electron chi connectivity index (χ1n) is 10.6. The van der Waals surface area contributed by atoms with Gasteiger partial charge in [-0.25, -0.2) is 0 Å². The predicted molar refractivity (Wildman–Crippen MR) is 121 cm³/mol. The number of allylic oxidation sites excluding steroid dienone is 5. The summed E-state index contributed by atoms with van der Waals surface area (Å²) in [7, 11) is 0. The van der Waals surface area contributed by atoms with Gasteiger partial charge in [-0.15, -0.1) is 0 Å². The Hall–Kier alpha value is -2.65. The standard InChI is InChI=1S/C25H31N3O2/c1-20(18-26)27-25(29)24-12-10-22(11-13-24)5-3-2-4-21-6-8-23(9-7-21)19-28-14-16-30-17-15-28/h2,4,6,8,10-13,20H,7,9,14-19,26H2,1H3,(H,27,29)/b4-2+. The number of hydrogen-bond donors (Lipinski definition) is 2. The van der Waals surface area contributed by atoms with Crippen LogP contribution in [0.2, 0.25) is 0 Å². The fraction of sp³-hybridized carbons (Fsp3) is 0.400. The third kappa shape index (κ3) is 7.00. The Morgan fingerprint density at radius 3 is 2.67 bits per heavy atom. The zero-order valence-electron chi connectivity index (χ0n) is 17.7. The highest BCUT2D eigenvalue weighted by Crippen LogP contribution is 2.20. The molecule has 0 radical (unpaired) electrons. The van der Waals surface area contributed by atoms with Gasteiger partial charge in [0.05, 0.1) is 13.2 Å². The minimum atomic E-state index is -0.113. The molecule has 1 aliphatic carbocycles. The molecule has 3 N–H and O–H groups in total. The molecule has 1 aromatic carbocycles. The maximum atomic E-state index is 12.1. The molecule has 1 heterocycles. The Labute approximate surface area is 179 Å². The predicted octanol–water partition coefficient (Wildman–Crippen LogP) is 2.65. The van der Waals surface area contributed by atoms with E-state index >= 15 is 0 Å². The van der Waals surface area contributed by atoms with Crippen LogP contribution in [-0.2, 0) is 4.74 Å². The highest BCUT2D eigenvalue weighted by molar-refractivity contribution is 5.94. The van der Waals surface area contributed by atoms with Crippen molar-refractivity contribution >= 4 is 5.91 Å². The van der Waals surface area contributed by atoms with E-state index < -0.39 is 0 Å². The van der Waals surface area contributed by atoms with Crippen molar-refractivity contribution in [2.75, 3.05) is 39.4 Å². The van der Waals surface area contributed by atoms with E-state index in [1.54, 1.807) is 12.1 Å². The van der Waals surface area contributed by atoms with Crippen molar-refractivity contribution in [1.29, 1.82) is 0 Å². The average molecular weight is 406 g/mol. The number of amides is 1. The average Bonchev–Trinajstić information content (AvgIpc) is 2.79. The summed E-state index contributed by atoms with van der Waals surface area (Å²) in [6.07, 6.45) is 10.6. The van der Waals surface area contributed by atoms with Gasteiger partial charge in [0.1, 0.15) is 0 Å². The molecule has 1 unspecified atom stereocenters. The van der Waals surface area contributed by atoms with E-state index in [0.717, 1.165) is 51.3 Å². The molecule has 1 aromatic rings. The number of ether oxygens (including phenoxy) is 1. The Bertz CT molecular complexity index is 866. The number of carbonyl (C=O) groups excluding carboxylic acids is 1. The SMILES string of the molecule is CC(CN)NC(=O)c1ccc(C#C/C=C/C2=CC=C(CN3CCOCC3)CC2)cc1. The Morgan fingerprint density at radius 1 is 1.23 bits per heavy atom. The van der Waals surface area contributed by atoms with E-state index in [2.05, 4.69) is 40.3 Å². The van der Waals surface area contributed by atoms with Crippen LogP contribution in [0.4, 0.5) is 0 Å². The summed E-state index contributed by atoms with van der Waals surface area (Å²) < 4.78 is 5.41. The summed E-state index contributed by atoms with van der Waals surface area (Å²) in [6, 6.07) is 7.27. The highest BCUT2D eigenvalue weighted by atomic mass is 16.5. The molecule has 0 spiro atoms. The topological polar surface area (TPSA) is 67.6 Å². The van der Waals surface area contributed by atoms with Gasteiger partial charge >= 0.3 is 0 Å². The number of benzene rings is 1. The van der Waals surface area contributed by atoms with Crippen molar-refractivity contribution in [3.63, 3.8) is 0 Å². The van der Waals surface area contributed by atoms with E-state index in [-0.39, 0.29) is 11.9 Å². The lowest BCUT2D eigenvalue weighted by Gasteiger charge is -2.28. The number of nitrogens with zero attached hydrogens (tertiary/aromatic N) is 1. The molecule has 0 aromatic heterocycles. The van der Waals surface area contributed by atoms with Gasteiger partial charge in [-0.05, 0) is 55.7 Å². The molecule has 1 fully saturated rings. The largest absolute Gasteiger partial charge is 0.379 e. The summed E-state index contributed by atoms with van der Waals surface area (Å²) in [5.41, 5.74) is 9.83. The smallest absolute Gasteiger partial charge is 0.251 e. The van der Waals surface area contributed by atoms with Crippen LogP contribution in [0, 0.1) is 11.8 Å². The van der Waals surface area contributed by atoms with E-state index in [1.807, 2.05) is 25.1 Å². The maximum Gasteiger partial charge on any atom is 0.251 e. The summed E-state index contributed by atoms with van der Waals surface area (Å²) in [4.78, 5) is 14.5. The van der Waals surface area contributed by atoms with Crippen LogP contribution < -0.4 is 11.1 Å². The van der Waals surface area contributed by atoms with Crippen molar-refractivity contribution in [1.82, 2.24) is 10.2 Å². The highest BCUT2D eigenvalue weighted by Gasteiger charge is 2.13. The number of carbonyl (C=O) groups is 1. The Kier molecular flexibility index (Phi) is 8.46. The minimum absolute atomic E-state index is 0.0403. The van der Waals surface area contributed by atoms with Crippen molar-refractivity contribution in [3.05, 3.63) is 70.8 Å². The first-order valence-corrected chi connectivity index (χ1v) is 10.6. The number of nitrogens with two attached hydrogens (primary N) is 1. The van der Waals surface area contributed by atoms with E-state index in [0.29, 0.717) is 12.1 Å². The first-order chi connectivity index (χ1) is 14.6. The third-order valence-corrected chi connectivity index (χ3v) is 5.27. The van der Waals surface area contributed by atoms with Gasteiger partial charge in [0.25, 0.3) is 5.91 Å². The second-order valence-corrected chi connectivity index (χ2v) is 7.75. The molecule has 2 aliphatic rings. The first kappa shape index (κ1) is 22.0. The van der Waals surface area contributed by atoms with Gasteiger partial charge in [0.15, 0.2) is 0 Å². The van der Waals surface area contributed by atoms with Crippen molar-refractivity contribution < 1.29 is 9.53 Å². The lowest BCUT2D eigenvalue weighted by molar-refractivity contribution is 0.0419. The molecule has 0 saturated carbocycles. The summed E-state index contributed by atoms with van der Waals surface area (Å²) in [6.45, 7) is 7.10. The Balaban J connectivity index is 1.49. The quantitative estimate of drug-likeness (QED) is 0.714. The second kappa shape index (κ2) is 11.5. The van der Waals surface area contributed by atoms with Crippen LogP contribution in [0.25, 0.3) is 0 Å². The van der Waals surface area contributed by atoms with Gasteiger partial charge < -0.3 is 15.8 Å². The van der Waals surface area contributed by atoms with Gasteiger partial charge in [0.2, 0.25) is 0 Å². The second-order valence-electron chi connectivity index (χ2n) is 7.75. The van der Waals surface area contributed by atoms with Crippen LogP contribution in [-0.4, -0.2) is 56.2 Å². The normalized spacial score (nSPS) is 18.2. The number of morpholine rings is 1. The van der Waals surface area contributed by atoms with Crippen molar-refractivity contribution in [2.24, 2.45) is 5.73 Å². The van der Waals surface area contributed by atoms with Crippen molar-refractivity contribution in [2.45, 2.75) is 25.8 Å². The molecule has 1 atom stereocenters. The number of nitrogens with one attached hydrogen (secondary N) is 1. The zero-order valence-corrected chi connectivity index (χ0v) is 17.7. The molecular weight excluding hydrogens is 374 g/mol. The summed E-state index contributed by atoms with van der Waals surface area (Å²) in [5.74, 6) is 6.09. The number of hydrogen-bond acceptors (Lipinski definition) is 4. The van der Waals surface area contributed by atoms with E-state index in [1.165, 1.54) is 11.1 Å². The van der Waals surface area contributed by atoms with Gasteiger partial charge in [0, 0.05) is 43.3 Å². The van der Waals surface area contributed by atoms with Crippen LogP contribution in [0.3, 0.4) is 0 Å². The molecule has 5 nitrogen and oxygen atoms in total. The molecule has 1 aliphatic heterocycles. The maximum absolute atomic E-state index is 12.1. The van der Waals surface area contributed by atoms with Crippen molar-refractivity contribution in [3.8, 4) is 11.8 Å². The molecule has 3 rings (SSSR count). The monoisotopic (exact) mass is 405 g/mol. The number of rotatable bonds is 6. The van der Waals surface area contributed by atoms with Crippen LogP contribution in [0.1, 0.15) is 35.7 Å². The molecule has 30 heavy (non-hydrogen) atoms. The van der Waals surface area contributed by atoms with Gasteiger partial charge in [-0.2, -0.15) is 0 Å². The fourth-order valence-corrected chi connectivity index (χ4v) is 3.36.